The van der Waals surface area contributed by atoms with E-state index in [1.54, 1.807) is 28.0 Å². The van der Waals surface area contributed by atoms with Crippen LogP contribution in [0.25, 0.3) is 6.08 Å². The molecule has 0 spiro atoms. The van der Waals surface area contributed by atoms with Gasteiger partial charge in [-0.05, 0) is 49.6 Å². The third kappa shape index (κ3) is 5.79. The van der Waals surface area contributed by atoms with Crippen LogP contribution in [0.1, 0.15) is 30.9 Å². The van der Waals surface area contributed by atoms with Crippen LogP contribution in [0.15, 0.2) is 59.1 Å². The topological polar surface area (TPSA) is 40.6 Å². The van der Waals surface area contributed by atoms with Gasteiger partial charge in [-0.15, -0.1) is 0 Å². The summed E-state index contributed by atoms with van der Waals surface area (Å²) < 4.78 is 14.9. The predicted octanol–water partition coefficient (Wildman–Crippen LogP) is 4.89. The Morgan fingerprint density at radius 3 is 2.53 bits per heavy atom. The zero-order valence-electron chi connectivity index (χ0n) is 17.1. The van der Waals surface area contributed by atoms with E-state index in [2.05, 4.69) is 15.9 Å². The molecule has 1 heterocycles. The highest BCUT2D eigenvalue weighted by Gasteiger charge is 2.29. The maximum absolute atomic E-state index is 14.1. The van der Waals surface area contributed by atoms with Crippen molar-refractivity contribution in [2.45, 2.75) is 26.3 Å². The molecule has 6 heteroatoms. The van der Waals surface area contributed by atoms with E-state index in [-0.39, 0.29) is 30.1 Å². The first-order valence-corrected chi connectivity index (χ1v) is 11.0. The molecule has 30 heavy (non-hydrogen) atoms. The number of hydrogen-bond donors (Lipinski definition) is 0. The molecule has 1 aliphatic heterocycles. The van der Waals surface area contributed by atoms with E-state index >= 15 is 0 Å². The zero-order chi connectivity index (χ0) is 21.5. The second-order valence-electron chi connectivity index (χ2n) is 7.43. The Balaban J connectivity index is 1.55. The Kier molecular flexibility index (Phi) is 7.80. The molecule has 158 valence electrons. The van der Waals surface area contributed by atoms with Crippen LogP contribution in [0, 0.1) is 11.7 Å². The number of carbonyl (C=O) groups excluding carboxylic acids is 2. The Bertz CT molecular complexity index is 909. The fraction of sp³-hybridized carbons (Fsp3) is 0.333. The molecule has 0 bridgehead atoms. The summed E-state index contributed by atoms with van der Waals surface area (Å²) in [5.74, 6) is -0.450. The van der Waals surface area contributed by atoms with E-state index in [0.29, 0.717) is 38.0 Å². The summed E-state index contributed by atoms with van der Waals surface area (Å²) in [6.07, 6.45) is 4.65. The average molecular weight is 473 g/mol. The van der Waals surface area contributed by atoms with Crippen LogP contribution < -0.4 is 0 Å². The molecule has 0 atom stereocenters. The second-order valence-corrected chi connectivity index (χ2v) is 8.35. The van der Waals surface area contributed by atoms with E-state index in [4.69, 9.17) is 0 Å². The van der Waals surface area contributed by atoms with Crippen molar-refractivity contribution >= 4 is 33.8 Å². The van der Waals surface area contributed by atoms with Crippen molar-refractivity contribution in [2.75, 3.05) is 19.6 Å². The van der Waals surface area contributed by atoms with E-state index in [1.165, 1.54) is 6.07 Å². The lowest BCUT2D eigenvalue weighted by Crippen LogP contribution is -2.43. The SMILES string of the molecule is CCN(Cc1cc(Br)ccc1F)C(=O)C1CCN(C(=O)C=Cc2ccccc2)CC1. The molecule has 1 fully saturated rings. The van der Waals surface area contributed by atoms with Crippen molar-refractivity contribution in [1.29, 1.82) is 0 Å². The fourth-order valence-electron chi connectivity index (χ4n) is 3.66. The quantitative estimate of drug-likeness (QED) is 0.561. The number of amides is 2. The monoisotopic (exact) mass is 472 g/mol. The standard InChI is InChI=1S/C24H26BrFN2O2/c1-2-27(17-20-16-21(25)9-10-22(20)26)24(30)19-12-14-28(15-13-19)23(29)11-8-18-6-4-3-5-7-18/h3-11,16,19H,2,12-15,17H2,1H3. The Morgan fingerprint density at radius 1 is 1.17 bits per heavy atom. The number of halogens is 2. The van der Waals surface area contributed by atoms with Crippen molar-refractivity contribution in [3.05, 3.63) is 76.0 Å². The maximum Gasteiger partial charge on any atom is 0.246 e. The summed E-state index contributed by atoms with van der Waals surface area (Å²) in [5.41, 5.74) is 1.48. The summed E-state index contributed by atoms with van der Waals surface area (Å²) >= 11 is 3.36. The highest BCUT2D eigenvalue weighted by molar-refractivity contribution is 9.10. The molecule has 0 saturated carbocycles. The zero-order valence-corrected chi connectivity index (χ0v) is 18.6. The number of rotatable bonds is 6. The number of hydrogen-bond acceptors (Lipinski definition) is 2. The molecule has 1 saturated heterocycles. The number of carbonyl (C=O) groups is 2. The molecule has 0 aromatic heterocycles. The van der Waals surface area contributed by atoms with Gasteiger partial charge in [-0.25, -0.2) is 4.39 Å². The number of nitrogens with zero attached hydrogens (tertiary/aromatic N) is 2. The van der Waals surface area contributed by atoms with E-state index in [9.17, 15) is 14.0 Å². The van der Waals surface area contributed by atoms with Gasteiger partial charge in [0, 0.05) is 48.2 Å². The lowest BCUT2D eigenvalue weighted by Gasteiger charge is -2.33. The molecular weight excluding hydrogens is 447 g/mol. The second kappa shape index (κ2) is 10.5. The largest absolute Gasteiger partial charge is 0.339 e. The molecule has 3 rings (SSSR count). The van der Waals surface area contributed by atoms with Crippen LogP contribution in [-0.4, -0.2) is 41.2 Å². The van der Waals surface area contributed by atoms with Crippen molar-refractivity contribution < 1.29 is 14.0 Å². The highest BCUT2D eigenvalue weighted by atomic mass is 79.9. The number of likely N-dealkylation sites (tertiary alicyclic amines) is 1. The van der Waals surface area contributed by atoms with Crippen LogP contribution in [-0.2, 0) is 16.1 Å². The van der Waals surface area contributed by atoms with Gasteiger partial charge in [0.15, 0.2) is 0 Å². The van der Waals surface area contributed by atoms with Gasteiger partial charge in [0.25, 0.3) is 0 Å². The summed E-state index contributed by atoms with van der Waals surface area (Å²) in [7, 11) is 0. The predicted molar refractivity (Wildman–Crippen MR) is 120 cm³/mol. The Hall–Kier alpha value is -2.47. The van der Waals surface area contributed by atoms with Gasteiger partial charge in [0.1, 0.15) is 5.82 Å². The minimum absolute atomic E-state index is 0.0313. The lowest BCUT2D eigenvalue weighted by molar-refractivity contribution is -0.139. The first-order chi connectivity index (χ1) is 14.5. The number of benzene rings is 2. The molecule has 4 nitrogen and oxygen atoms in total. The molecule has 0 radical (unpaired) electrons. The van der Waals surface area contributed by atoms with Gasteiger partial charge in [-0.3, -0.25) is 9.59 Å². The van der Waals surface area contributed by atoms with E-state index in [1.807, 2.05) is 43.3 Å². The van der Waals surface area contributed by atoms with Crippen molar-refractivity contribution in [3.63, 3.8) is 0 Å². The molecule has 0 unspecified atom stereocenters. The lowest BCUT2D eigenvalue weighted by atomic mass is 9.95. The van der Waals surface area contributed by atoms with Crippen molar-refractivity contribution in [1.82, 2.24) is 9.80 Å². The van der Waals surface area contributed by atoms with Crippen LogP contribution in [0.4, 0.5) is 4.39 Å². The van der Waals surface area contributed by atoms with Gasteiger partial charge in [-0.1, -0.05) is 46.3 Å². The Morgan fingerprint density at radius 2 is 1.87 bits per heavy atom. The molecule has 0 N–H and O–H groups in total. The van der Waals surface area contributed by atoms with Crippen LogP contribution in [0.3, 0.4) is 0 Å². The van der Waals surface area contributed by atoms with Gasteiger partial charge < -0.3 is 9.80 Å². The van der Waals surface area contributed by atoms with E-state index < -0.39 is 0 Å². The first-order valence-electron chi connectivity index (χ1n) is 10.2. The molecule has 0 aliphatic carbocycles. The average Bonchev–Trinajstić information content (AvgIpc) is 2.78. The third-order valence-corrected chi connectivity index (χ3v) is 5.93. The molecule has 2 amide bonds. The van der Waals surface area contributed by atoms with Gasteiger partial charge in [0.2, 0.25) is 11.8 Å². The van der Waals surface area contributed by atoms with Crippen LogP contribution in [0.2, 0.25) is 0 Å². The first kappa shape index (κ1) is 22.2. The summed E-state index contributed by atoms with van der Waals surface area (Å²) in [6.45, 7) is 3.78. The van der Waals surface area contributed by atoms with Crippen LogP contribution in [0.5, 0.6) is 0 Å². The summed E-state index contributed by atoms with van der Waals surface area (Å²) in [5, 5.41) is 0. The minimum Gasteiger partial charge on any atom is -0.339 e. The van der Waals surface area contributed by atoms with Crippen molar-refractivity contribution in [2.24, 2.45) is 5.92 Å². The Labute approximate surface area is 185 Å². The molecule has 2 aromatic carbocycles. The number of piperidine rings is 1. The maximum atomic E-state index is 14.1. The third-order valence-electron chi connectivity index (χ3n) is 5.44. The highest BCUT2D eigenvalue weighted by Crippen LogP contribution is 2.23. The molecule has 2 aromatic rings. The van der Waals surface area contributed by atoms with Gasteiger partial charge in [-0.2, -0.15) is 0 Å². The minimum atomic E-state index is -0.310. The smallest absolute Gasteiger partial charge is 0.246 e. The molecular formula is C24H26BrFN2O2. The van der Waals surface area contributed by atoms with Gasteiger partial charge in [0.05, 0.1) is 0 Å². The van der Waals surface area contributed by atoms with Crippen LogP contribution >= 0.6 is 15.9 Å². The molecule has 1 aliphatic rings. The fourth-order valence-corrected chi connectivity index (χ4v) is 4.07. The normalized spacial score (nSPS) is 14.8. The summed E-state index contributed by atoms with van der Waals surface area (Å²) in [6, 6.07) is 14.5. The van der Waals surface area contributed by atoms with Gasteiger partial charge >= 0.3 is 0 Å². The van der Waals surface area contributed by atoms with Crippen molar-refractivity contribution in [3.8, 4) is 0 Å². The van der Waals surface area contributed by atoms with E-state index in [0.717, 1.165) is 10.0 Å². The summed E-state index contributed by atoms with van der Waals surface area (Å²) in [4.78, 5) is 28.9.